The van der Waals surface area contributed by atoms with Crippen LogP contribution in [0, 0.1) is 0 Å². The first-order valence-electron chi connectivity index (χ1n) is 4.94. The van der Waals surface area contributed by atoms with Crippen LogP contribution in [0.2, 0.25) is 0 Å². The third-order valence-corrected chi connectivity index (χ3v) is 2.04. The maximum absolute atomic E-state index is 12.4. The molecule has 0 aliphatic carbocycles. The molecular formula is C9H14F6O. The lowest BCUT2D eigenvalue weighted by Gasteiger charge is -2.13. The fourth-order valence-corrected chi connectivity index (χ4v) is 1.18. The highest BCUT2D eigenvalue weighted by atomic mass is 19.4. The number of hydrogen-bond donors (Lipinski definition) is 1. The predicted octanol–water partition coefficient (Wildman–Crippen LogP) is 3.81. The molecule has 0 aliphatic heterocycles. The van der Waals surface area contributed by atoms with E-state index in [4.69, 9.17) is 5.11 Å². The van der Waals surface area contributed by atoms with Gasteiger partial charge in [0.1, 0.15) is 0 Å². The lowest BCUT2D eigenvalue weighted by Crippen LogP contribution is -2.29. The van der Waals surface area contributed by atoms with Crippen molar-refractivity contribution in [3.63, 3.8) is 0 Å². The summed E-state index contributed by atoms with van der Waals surface area (Å²) in [7, 11) is 0. The minimum absolute atomic E-state index is 0.0369. The van der Waals surface area contributed by atoms with Crippen molar-refractivity contribution in [2.75, 3.05) is 0 Å². The van der Waals surface area contributed by atoms with Gasteiger partial charge < -0.3 is 5.11 Å². The monoisotopic (exact) mass is 252 g/mol. The van der Waals surface area contributed by atoms with Crippen molar-refractivity contribution >= 4 is 0 Å². The summed E-state index contributed by atoms with van der Waals surface area (Å²) in [6, 6.07) is 0. The molecule has 0 fully saturated rings. The molecule has 0 amide bonds. The van der Waals surface area contributed by atoms with Gasteiger partial charge in [0.2, 0.25) is 0 Å². The van der Waals surface area contributed by atoms with Gasteiger partial charge in [0, 0.05) is 6.42 Å². The standard InChI is InChI=1S/C9H14F6O/c10-7(9(14,15)16)5-3-1-2-4-6-8(11,12)13/h7,16H,1-6H2. The van der Waals surface area contributed by atoms with Crippen LogP contribution in [0.1, 0.15) is 38.5 Å². The second kappa shape index (κ2) is 6.32. The maximum Gasteiger partial charge on any atom is 0.389 e. The third-order valence-electron chi connectivity index (χ3n) is 2.04. The van der Waals surface area contributed by atoms with Crippen LogP contribution >= 0.6 is 0 Å². The van der Waals surface area contributed by atoms with Crippen molar-refractivity contribution in [2.45, 2.75) is 57.0 Å². The van der Waals surface area contributed by atoms with Gasteiger partial charge in [0.25, 0.3) is 0 Å². The van der Waals surface area contributed by atoms with Crippen LogP contribution in [0.15, 0.2) is 0 Å². The molecule has 1 nitrogen and oxygen atoms in total. The number of alkyl halides is 6. The molecule has 1 N–H and O–H groups in total. The van der Waals surface area contributed by atoms with E-state index in [1.54, 1.807) is 0 Å². The summed E-state index contributed by atoms with van der Waals surface area (Å²) < 4.78 is 71.2. The smallest absolute Gasteiger partial charge is 0.334 e. The van der Waals surface area contributed by atoms with Gasteiger partial charge in [0.05, 0.1) is 0 Å². The minimum atomic E-state index is -4.36. The van der Waals surface area contributed by atoms with Crippen LogP contribution in [-0.2, 0) is 0 Å². The zero-order chi connectivity index (χ0) is 12.8. The van der Waals surface area contributed by atoms with E-state index in [9.17, 15) is 26.3 Å². The number of hydrogen-bond acceptors (Lipinski definition) is 1. The molecule has 16 heavy (non-hydrogen) atoms. The summed E-state index contributed by atoms with van der Waals surface area (Å²) in [4.78, 5) is 0. The average Bonchev–Trinajstić information content (AvgIpc) is 2.07. The molecule has 0 aromatic heterocycles. The van der Waals surface area contributed by atoms with Gasteiger partial charge in [-0.3, -0.25) is 0 Å². The van der Waals surface area contributed by atoms with Crippen LogP contribution in [0.5, 0.6) is 0 Å². The fourth-order valence-electron chi connectivity index (χ4n) is 1.18. The Bertz CT molecular complexity index is 185. The van der Waals surface area contributed by atoms with E-state index in [-0.39, 0.29) is 25.7 Å². The van der Waals surface area contributed by atoms with E-state index >= 15 is 0 Å². The van der Waals surface area contributed by atoms with Crippen molar-refractivity contribution < 1.29 is 31.4 Å². The Morgan fingerprint density at radius 2 is 1.38 bits per heavy atom. The van der Waals surface area contributed by atoms with Crippen LogP contribution in [0.4, 0.5) is 26.3 Å². The fraction of sp³-hybridized carbons (Fsp3) is 1.00. The van der Waals surface area contributed by atoms with Gasteiger partial charge in [-0.25, -0.2) is 4.39 Å². The van der Waals surface area contributed by atoms with Crippen molar-refractivity contribution in [1.29, 1.82) is 0 Å². The molecule has 7 heteroatoms. The van der Waals surface area contributed by atoms with Crippen molar-refractivity contribution in [1.82, 2.24) is 0 Å². The molecule has 0 aromatic carbocycles. The second-order valence-electron chi connectivity index (χ2n) is 3.62. The molecule has 0 heterocycles. The Morgan fingerprint density at radius 1 is 0.875 bits per heavy atom. The SMILES string of the molecule is OC(F)(F)C(F)CCCCCCC(F)(F)F. The quantitative estimate of drug-likeness (QED) is 0.539. The molecule has 1 atom stereocenters. The van der Waals surface area contributed by atoms with E-state index in [0.717, 1.165) is 0 Å². The van der Waals surface area contributed by atoms with E-state index < -0.39 is 31.3 Å². The molecule has 0 radical (unpaired) electrons. The molecule has 0 aromatic rings. The summed E-state index contributed by atoms with van der Waals surface area (Å²) in [5.41, 5.74) is 0. The summed E-state index contributed by atoms with van der Waals surface area (Å²) in [6.07, 6.45) is -12.3. The summed E-state index contributed by atoms with van der Waals surface area (Å²) in [5, 5.41) is 7.94. The molecule has 1 unspecified atom stereocenters. The van der Waals surface area contributed by atoms with Crippen molar-refractivity contribution in [3.05, 3.63) is 0 Å². The van der Waals surface area contributed by atoms with Crippen LogP contribution in [-0.4, -0.2) is 23.6 Å². The zero-order valence-electron chi connectivity index (χ0n) is 8.53. The van der Waals surface area contributed by atoms with Crippen molar-refractivity contribution in [2.24, 2.45) is 0 Å². The number of aliphatic hydroxyl groups is 1. The molecular weight excluding hydrogens is 238 g/mol. The van der Waals surface area contributed by atoms with Crippen LogP contribution < -0.4 is 0 Å². The van der Waals surface area contributed by atoms with Crippen molar-refractivity contribution in [3.8, 4) is 0 Å². The first-order valence-corrected chi connectivity index (χ1v) is 4.94. The largest absolute Gasteiger partial charge is 0.389 e. The number of rotatable bonds is 7. The molecule has 0 saturated carbocycles. The van der Waals surface area contributed by atoms with Gasteiger partial charge in [-0.2, -0.15) is 22.0 Å². The van der Waals surface area contributed by atoms with Gasteiger partial charge >= 0.3 is 12.3 Å². The highest BCUT2D eigenvalue weighted by molar-refractivity contribution is 4.65. The van der Waals surface area contributed by atoms with Crippen LogP contribution in [0.3, 0.4) is 0 Å². The Kier molecular flexibility index (Phi) is 6.14. The van der Waals surface area contributed by atoms with Gasteiger partial charge in [-0.1, -0.05) is 19.3 Å². The molecule has 98 valence electrons. The Morgan fingerprint density at radius 3 is 1.81 bits per heavy atom. The van der Waals surface area contributed by atoms with Gasteiger partial charge in [-0.05, 0) is 12.8 Å². The second-order valence-corrected chi connectivity index (χ2v) is 3.62. The average molecular weight is 252 g/mol. The highest BCUT2D eigenvalue weighted by Crippen LogP contribution is 2.25. The third kappa shape index (κ3) is 8.82. The molecule has 0 rings (SSSR count). The maximum atomic E-state index is 12.4. The van der Waals surface area contributed by atoms with Gasteiger partial charge in [-0.15, -0.1) is 0 Å². The first-order chi connectivity index (χ1) is 7.13. The topological polar surface area (TPSA) is 20.2 Å². The summed E-state index contributed by atoms with van der Waals surface area (Å²) in [5.74, 6) is 0. The molecule has 0 spiro atoms. The molecule has 0 aliphatic rings. The summed E-state index contributed by atoms with van der Waals surface area (Å²) in [6.45, 7) is 0. The lowest BCUT2D eigenvalue weighted by atomic mass is 10.1. The molecule has 0 bridgehead atoms. The van der Waals surface area contributed by atoms with E-state index in [1.165, 1.54) is 0 Å². The minimum Gasteiger partial charge on any atom is -0.334 e. The summed E-state index contributed by atoms with van der Waals surface area (Å²) >= 11 is 0. The normalized spacial score (nSPS) is 15.2. The Balaban J connectivity index is 3.41. The Labute approximate surface area is 89.4 Å². The highest BCUT2D eigenvalue weighted by Gasteiger charge is 2.36. The van der Waals surface area contributed by atoms with Gasteiger partial charge in [0.15, 0.2) is 6.17 Å². The van der Waals surface area contributed by atoms with E-state index in [0.29, 0.717) is 0 Å². The zero-order valence-corrected chi connectivity index (χ0v) is 8.53. The molecule has 0 saturated heterocycles. The lowest BCUT2D eigenvalue weighted by molar-refractivity contribution is -0.241. The Hall–Kier alpha value is -0.460. The number of halogens is 6. The number of unbranched alkanes of at least 4 members (excludes halogenated alkanes) is 3. The first kappa shape index (κ1) is 15.5. The van der Waals surface area contributed by atoms with Crippen LogP contribution in [0.25, 0.3) is 0 Å². The van der Waals surface area contributed by atoms with E-state index in [1.807, 2.05) is 0 Å². The predicted molar refractivity (Wildman–Crippen MR) is 45.8 cm³/mol. The van der Waals surface area contributed by atoms with E-state index in [2.05, 4.69) is 0 Å².